The molecule has 6 nitrogen and oxygen atoms in total. The molecule has 0 radical (unpaired) electrons. The van der Waals surface area contributed by atoms with Gasteiger partial charge in [-0.1, -0.05) is 35.9 Å². The van der Waals surface area contributed by atoms with Gasteiger partial charge in [-0.25, -0.2) is 4.98 Å². The van der Waals surface area contributed by atoms with E-state index in [0.29, 0.717) is 15.8 Å². The Hall–Kier alpha value is -4.15. The molecule has 0 saturated carbocycles. The number of hydrogen-bond acceptors (Lipinski definition) is 4. The second kappa shape index (κ2) is 10.3. The first kappa shape index (κ1) is 25.5. The van der Waals surface area contributed by atoms with E-state index in [-0.39, 0.29) is 5.75 Å². The van der Waals surface area contributed by atoms with Crippen molar-refractivity contribution in [3.8, 4) is 11.4 Å². The summed E-state index contributed by atoms with van der Waals surface area (Å²) in [6, 6.07) is 20.8. The molecular weight excluding hydrogens is 535 g/mol. The molecule has 0 aliphatic carbocycles. The number of ether oxygens (including phenoxy) is 1. The molecule has 4 aromatic carbocycles. The molecule has 0 saturated heterocycles. The van der Waals surface area contributed by atoms with Crippen LogP contribution in [-0.2, 0) is 0 Å². The summed E-state index contributed by atoms with van der Waals surface area (Å²) in [5, 5.41) is 10.1. The Labute approximate surface area is 225 Å². The predicted octanol–water partition coefficient (Wildman–Crippen LogP) is 7.36. The Kier molecular flexibility index (Phi) is 6.92. The number of alkyl halides is 3. The van der Waals surface area contributed by atoms with Crippen molar-refractivity contribution in [3.63, 3.8) is 0 Å². The lowest BCUT2D eigenvalue weighted by molar-refractivity contribution is -0.274. The number of aryl methyl sites for hydroxylation is 1. The van der Waals surface area contributed by atoms with Crippen molar-refractivity contribution in [1.29, 1.82) is 0 Å². The monoisotopic (exact) mass is 553 g/mol. The van der Waals surface area contributed by atoms with Gasteiger partial charge < -0.3 is 10.1 Å². The number of rotatable bonds is 5. The van der Waals surface area contributed by atoms with Crippen LogP contribution < -0.4 is 15.5 Å². The van der Waals surface area contributed by atoms with Gasteiger partial charge in [0.2, 0.25) is 0 Å². The molecule has 0 aliphatic heterocycles. The molecule has 1 heterocycles. The average molecular weight is 554 g/mol. The summed E-state index contributed by atoms with van der Waals surface area (Å²) in [5.74, 6) is -0.282. The summed E-state index contributed by atoms with van der Waals surface area (Å²) in [7, 11) is 0. The number of fused-ring (bicyclic) bond motifs is 3. The lowest BCUT2D eigenvalue weighted by Gasteiger charge is -2.10. The van der Waals surface area contributed by atoms with Crippen LogP contribution in [0.15, 0.2) is 84.2 Å². The van der Waals surface area contributed by atoms with Crippen LogP contribution >= 0.6 is 23.8 Å². The highest BCUT2D eigenvalue weighted by Gasteiger charge is 2.31. The number of nitrogens with zero attached hydrogens (tertiary/aromatic N) is 3. The van der Waals surface area contributed by atoms with Crippen LogP contribution in [0.3, 0.4) is 0 Å². The predicted molar refractivity (Wildman–Crippen MR) is 148 cm³/mol. The molecule has 1 aromatic heterocycles. The SMILES string of the molecule is Cc1ccc(Cl)cc1NC(=S)N/N=C/c1ccc2c(ccc3c2ncn3-c2ccc(OC(F)(F)F)cc2)c1. The lowest BCUT2D eigenvalue weighted by Crippen LogP contribution is -2.24. The topological polar surface area (TPSA) is 63.5 Å². The number of benzene rings is 4. The van der Waals surface area contributed by atoms with Gasteiger partial charge in [-0.05, 0) is 84.2 Å². The number of hydrazone groups is 1. The molecule has 38 heavy (non-hydrogen) atoms. The highest BCUT2D eigenvalue weighted by Crippen LogP contribution is 2.29. The van der Waals surface area contributed by atoms with Crippen molar-refractivity contribution in [2.24, 2.45) is 5.10 Å². The first-order valence-corrected chi connectivity index (χ1v) is 12.1. The lowest BCUT2D eigenvalue weighted by atomic mass is 10.1. The first-order valence-electron chi connectivity index (χ1n) is 11.3. The van der Waals surface area contributed by atoms with E-state index in [2.05, 4.69) is 25.6 Å². The van der Waals surface area contributed by atoms with Crippen LogP contribution in [0.4, 0.5) is 18.9 Å². The highest BCUT2D eigenvalue weighted by atomic mass is 35.5. The minimum Gasteiger partial charge on any atom is -0.406 e. The van der Waals surface area contributed by atoms with Gasteiger partial charge in [0, 0.05) is 21.8 Å². The maximum absolute atomic E-state index is 12.4. The fraction of sp³-hybridized carbons (Fsp3) is 0.0741. The molecule has 0 aliphatic rings. The van der Waals surface area contributed by atoms with Crippen LogP contribution in [0.1, 0.15) is 11.1 Å². The summed E-state index contributed by atoms with van der Waals surface area (Å²) in [4.78, 5) is 4.54. The Balaban J connectivity index is 1.32. The van der Waals surface area contributed by atoms with Gasteiger partial charge in [-0.15, -0.1) is 13.2 Å². The van der Waals surface area contributed by atoms with Crippen LogP contribution in [0.25, 0.3) is 27.5 Å². The standard InChI is InChI=1S/C27H19ClF3N5OS/c1-16-2-5-19(28)13-23(16)34-26(38)35-33-14-17-3-10-22-18(12-17)4-11-24-25(22)32-15-36(24)20-6-8-21(9-7-20)37-27(29,30)31/h2-15H,1H3,(H2,34,35,38)/b33-14+. The zero-order valence-corrected chi connectivity index (χ0v) is 21.3. The summed E-state index contributed by atoms with van der Waals surface area (Å²) >= 11 is 11.4. The molecule has 0 atom stereocenters. The second-order valence-electron chi connectivity index (χ2n) is 8.35. The quantitative estimate of drug-likeness (QED) is 0.135. The van der Waals surface area contributed by atoms with Crippen LogP contribution in [0, 0.1) is 6.92 Å². The smallest absolute Gasteiger partial charge is 0.406 e. The van der Waals surface area contributed by atoms with Gasteiger partial charge in [-0.3, -0.25) is 9.99 Å². The Morgan fingerprint density at radius 2 is 1.84 bits per heavy atom. The Bertz CT molecular complexity index is 1680. The molecule has 11 heteroatoms. The van der Waals surface area contributed by atoms with E-state index in [1.165, 1.54) is 12.1 Å². The van der Waals surface area contributed by atoms with Gasteiger partial charge >= 0.3 is 6.36 Å². The molecule has 192 valence electrons. The fourth-order valence-corrected chi connectivity index (χ4v) is 4.30. The largest absolute Gasteiger partial charge is 0.573 e. The summed E-state index contributed by atoms with van der Waals surface area (Å²) in [5.41, 5.74) is 7.69. The number of anilines is 1. The van der Waals surface area contributed by atoms with E-state index in [9.17, 15) is 13.2 Å². The third-order valence-corrected chi connectivity index (χ3v) is 6.16. The summed E-state index contributed by atoms with van der Waals surface area (Å²) in [6.07, 6.45) is -1.44. The van der Waals surface area contributed by atoms with E-state index in [1.54, 1.807) is 35.3 Å². The van der Waals surface area contributed by atoms with Crippen LogP contribution in [0.2, 0.25) is 5.02 Å². The van der Waals surface area contributed by atoms with Crippen molar-refractivity contribution in [1.82, 2.24) is 15.0 Å². The number of halogens is 4. The van der Waals surface area contributed by atoms with Gasteiger partial charge in [-0.2, -0.15) is 5.10 Å². The molecule has 0 fully saturated rings. The zero-order valence-electron chi connectivity index (χ0n) is 19.8. The number of thiocarbonyl (C=S) groups is 1. The molecule has 5 rings (SSSR count). The zero-order chi connectivity index (χ0) is 26.9. The Morgan fingerprint density at radius 1 is 1.05 bits per heavy atom. The molecule has 0 amide bonds. The van der Waals surface area contributed by atoms with Crippen LogP contribution in [-0.4, -0.2) is 27.2 Å². The van der Waals surface area contributed by atoms with Gasteiger partial charge in [0.15, 0.2) is 5.11 Å². The minimum atomic E-state index is -4.74. The molecule has 2 N–H and O–H groups in total. The Morgan fingerprint density at radius 3 is 2.61 bits per heavy atom. The minimum absolute atomic E-state index is 0.282. The third-order valence-electron chi connectivity index (χ3n) is 5.73. The maximum Gasteiger partial charge on any atom is 0.573 e. The molecule has 0 bridgehead atoms. The van der Waals surface area contributed by atoms with Gasteiger partial charge in [0.25, 0.3) is 0 Å². The summed E-state index contributed by atoms with van der Waals surface area (Å²) in [6.45, 7) is 1.95. The molecular formula is C27H19ClF3N5OS. The molecule has 5 aromatic rings. The first-order chi connectivity index (χ1) is 18.2. The van der Waals surface area contributed by atoms with Crippen molar-refractivity contribution in [2.75, 3.05) is 5.32 Å². The second-order valence-corrected chi connectivity index (χ2v) is 9.20. The number of aromatic nitrogens is 2. The maximum atomic E-state index is 12.4. The third kappa shape index (κ3) is 5.71. The van der Waals surface area contributed by atoms with E-state index in [4.69, 9.17) is 23.8 Å². The normalized spacial score (nSPS) is 11.8. The van der Waals surface area contributed by atoms with Gasteiger partial charge in [0.05, 0.1) is 17.2 Å². The number of imidazole rings is 1. The van der Waals surface area contributed by atoms with E-state index in [1.807, 2.05) is 49.4 Å². The summed E-state index contributed by atoms with van der Waals surface area (Å²) < 4.78 is 43.1. The molecule has 0 spiro atoms. The van der Waals surface area contributed by atoms with Crippen molar-refractivity contribution in [2.45, 2.75) is 13.3 Å². The van der Waals surface area contributed by atoms with Gasteiger partial charge in [0.1, 0.15) is 12.1 Å². The average Bonchev–Trinajstić information content (AvgIpc) is 3.30. The van der Waals surface area contributed by atoms with Crippen molar-refractivity contribution >= 4 is 62.6 Å². The number of nitrogens with one attached hydrogen (secondary N) is 2. The molecule has 0 unspecified atom stereocenters. The number of hydrogen-bond donors (Lipinski definition) is 2. The van der Waals surface area contributed by atoms with E-state index < -0.39 is 6.36 Å². The van der Waals surface area contributed by atoms with Crippen molar-refractivity contribution < 1.29 is 17.9 Å². The highest BCUT2D eigenvalue weighted by molar-refractivity contribution is 7.80. The van der Waals surface area contributed by atoms with Crippen molar-refractivity contribution in [3.05, 3.63) is 95.3 Å². The van der Waals surface area contributed by atoms with E-state index in [0.717, 1.165) is 38.6 Å². The van der Waals surface area contributed by atoms with E-state index >= 15 is 0 Å². The fourth-order valence-electron chi connectivity index (χ4n) is 3.97. The van der Waals surface area contributed by atoms with Crippen LogP contribution in [0.5, 0.6) is 5.75 Å².